The second-order valence-corrected chi connectivity index (χ2v) is 8.95. The summed E-state index contributed by atoms with van der Waals surface area (Å²) in [7, 11) is 1.70. The van der Waals surface area contributed by atoms with Gasteiger partial charge in [-0.15, -0.1) is 0 Å². The highest BCUT2D eigenvalue weighted by molar-refractivity contribution is 6.21. The monoisotopic (exact) mass is 475 g/mol. The van der Waals surface area contributed by atoms with Crippen LogP contribution in [0.15, 0.2) is 66.6 Å². The maximum atomic E-state index is 13.8. The number of ether oxygens (including phenoxy) is 1. The largest absolute Gasteiger partial charge is 0.381 e. The van der Waals surface area contributed by atoms with Crippen molar-refractivity contribution in [3.8, 4) is 0 Å². The Morgan fingerprint density at radius 3 is 2.34 bits per heavy atom. The Balaban J connectivity index is 1.29. The van der Waals surface area contributed by atoms with E-state index in [-0.39, 0.29) is 30.7 Å². The Morgan fingerprint density at radius 2 is 1.71 bits per heavy atom. The standard InChI is InChI=1S/C27H26FN3O4/c1-35-21-9-12-29(13-10-21)25(32)20-6-7-24-19(14-20)8-11-30(24)16-18(15-28)17-31-26(33)22-4-2-3-5-23(22)27(31)34/h2-8,11,14-15,21H,9-10,12-13,16-17H2,1H3/b18-15-. The topological polar surface area (TPSA) is 71.8 Å². The van der Waals surface area contributed by atoms with Gasteiger partial charge >= 0.3 is 0 Å². The molecule has 2 aromatic carbocycles. The molecule has 3 amide bonds. The minimum Gasteiger partial charge on any atom is -0.381 e. The van der Waals surface area contributed by atoms with Gasteiger partial charge in [-0.2, -0.15) is 0 Å². The van der Waals surface area contributed by atoms with E-state index in [0.29, 0.717) is 36.1 Å². The zero-order valence-electron chi connectivity index (χ0n) is 19.4. The summed E-state index contributed by atoms with van der Waals surface area (Å²) in [5.74, 6) is -0.843. The van der Waals surface area contributed by atoms with Gasteiger partial charge in [0.15, 0.2) is 0 Å². The van der Waals surface area contributed by atoms with E-state index in [1.54, 1.807) is 37.4 Å². The number of benzene rings is 2. The van der Waals surface area contributed by atoms with Gasteiger partial charge in [-0.3, -0.25) is 19.3 Å². The van der Waals surface area contributed by atoms with Gasteiger partial charge in [-0.25, -0.2) is 4.39 Å². The van der Waals surface area contributed by atoms with Gasteiger partial charge < -0.3 is 14.2 Å². The van der Waals surface area contributed by atoms with Crippen LogP contribution >= 0.6 is 0 Å². The van der Waals surface area contributed by atoms with E-state index in [9.17, 15) is 18.8 Å². The maximum absolute atomic E-state index is 13.8. The maximum Gasteiger partial charge on any atom is 0.261 e. The number of piperidine rings is 1. The number of carbonyl (C=O) groups is 3. The van der Waals surface area contributed by atoms with Gasteiger partial charge in [0.2, 0.25) is 0 Å². The second kappa shape index (κ2) is 9.46. The lowest BCUT2D eigenvalue weighted by molar-refractivity contribution is 0.0350. The molecule has 2 aliphatic heterocycles. The highest BCUT2D eigenvalue weighted by atomic mass is 19.1. The minimum absolute atomic E-state index is 0.0100. The van der Waals surface area contributed by atoms with Crippen molar-refractivity contribution in [2.24, 2.45) is 0 Å². The molecule has 1 aromatic heterocycles. The van der Waals surface area contributed by atoms with Crippen molar-refractivity contribution in [1.82, 2.24) is 14.4 Å². The molecule has 0 N–H and O–H groups in total. The van der Waals surface area contributed by atoms with Crippen molar-refractivity contribution in [2.45, 2.75) is 25.5 Å². The molecule has 1 fully saturated rings. The number of carbonyl (C=O) groups excluding carboxylic acids is 3. The Morgan fingerprint density at radius 1 is 1.03 bits per heavy atom. The van der Waals surface area contributed by atoms with E-state index < -0.39 is 11.8 Å². The smallest absolute Gasteiger partial charge is 0.261 e. The third-order valence-electron chi connectivity index (χ3n) is 6.85. The predicted octanol–water partition coefficient (Wildman–Crippen LogP) is 4.04. The van der Waals surface area contributed by atoms with E-state index in [4.69, 9.17) is 4.74 Å². The molecule has 0 atom stereocenters. The van der Waals surface area contributed by atoms with Crippen LogP contribution in [-0.4, -0.2) is 64.9 Å². The van der Waals surface area contributed by atoms with Crippen LogP contribution in [0.2, 0.25) is 0 Å². The van der Waals surface area contributed by atoms with Crippen LogP contribution in [0.5, 0.6) is 0 Å². The molecule has 0 spiro atoms. The van der Waals surface area contributed by atoms with Crippen LogP contribution in [0.1, 0.15) is 43.9 Å². The molecule has 3 heterocycles. The van der Waals surface area contributed by atoms with E-state index in [1.807, 2.05) is 33.9 Å². The Labute approximate surface area is 202 Å². The summed E-state index contributed by atoms with van der Waals surface area (Å²) in [5.41, 5.74) is 2.41. The van der Waals surface area contributed by atoms with Gasteiger partial charge in [0.05, 0.1) is 30.1 Å². The molecule has 0 aliphatic carbocycles. The van der Waals surface area contributed by atoms with Gasteiger partial charge in [0, 0.05) is 49.4 Å². The van der Waals surface area contributed by atoms with E-state index >= 15 is 0 Å². The summed E-state index contributed by atoms with van der Waals surface area (Å²) >= 11 is 0. The number of amides is 3. The normalized spacial score (nSPS) is 16.9. The van der Waals surface area contributed by atoms with Crippen molar-refractivity contribution in [3.05, 3.63) is 83.3 Å². The van der Waals surface area contributed by atoms with Crippen molar-refractivity contribution in [1.29, 1.82) is 0 Å². The van der Waals surface area contributed by atoms with Crippen molar-refractivity contribution >= 4 is 28.6 Å². The molecule has 1 saturated heterocycles. The number of hydrogen-bond donors (Lipinski definition) is 0. The number of hydrogen-bond acceptors (Lipinski definition) is 4. The summed E-state index contributed by atoms with van der Waals surface area (Å²) in [4.78, 5) is 41.2. The lowest BCUT2D eigenvalue weighted by atomic mass is 10.1. The summed E-state index contributed by atoms with van der Waals surface area (Å²) in [6, 6.07) is 14.0. The molecular formula is C27H26FN3O4. The van der Waals surface area contributed by atoms with Crippen LogP contribution in [0, 0.1) is 0 Å². The zero-order valence-corrected chi connectivity index (χ0v) is 19.4. The number of halogens is 1. The molecule has 2 aliphatic rings. The molecule has 8 heteroatoms. The van der Waals surface area contributed by atoms with Crippen molar-refractivity contribution in [2.75, 3.05) is 26.7 Å². The average molecular weight is 476 g/mol. The summed E-state index contributed by atoms with van der Waals surface area (Å²) in [5, 5.41) is 0.863. The van der Waals surface area contributed by atoms with Crippen LogP contribution in [0.4, 0.5) is 4.39 Å². The number of aromatic nitrogens is 1. The fraction of sp³-hybridized carbons (Fsp3) is 0.296. The summed E-state index contributed by atoms with van der Waals surface area (Å²) in [6.45, 7) is 1.37. The van der Waals surface area contributed by atoms with Gasteiger partial charge in [0.25, 0.3) is 17.7 Å². The first kappa shape index (κ1) is 23.0. The highest BCUT2D eigenvalue weighted by Gasteiger charge is 2.35. The van der Waals surface area contributed by atoms with E-state index in [1.165, 1.54) is 0 Å². The molecule has 0 bridgehead atoms. The van der Waals surface area contributed by atoms with Crippen LogP contribution in [0.25, 0.3) is 10.9 Å². The first-order chi connectivity index (χ1) is 17.0. The number of rotatable bonds is 6. The molecule has 180 valence electrons. The fourth-order valence-electron chi connectivity index (χ4n) is 4.87. The Bertz CT molecular complexity index is 1300. The average Bonchev–Trinajstić information content (AvgIpc) is 3.41. The molecule has 0 saturated carbocycles. The quantitative estimate of drug-likeness (QED) is 0.505. The van der Waals surface area contributed by atoms with Crippen molar-refractivity contribution < 1.29 is 23.5 Å². The Kier molecular flexibility index (Phi) is 6.21. The molecule has 7 nitrogen and oxygen atoms in total. The third-order valence-corrected chi connectivity index (χ3v) is 6.85. The van der Waals surface area contributed by atoms with Crippen LogP contribution in [0.3, 0.4) is 0 Å². The van der Waals surface area contributed by atoms with Crippen LogP contribution < -0.4 is 0 Å². The first-order valence-electron chi connectivity index (χ1n) is 11.6. The second-order valence-electron chi connectivity index (χ2n) is 8.95. The summed E-state index contributed by atoms with van der Waals surface area (Å²) in [6.07, 6.45) is 4.12. The third kappa shape index (κ3) is 4.25. The molecular weight excluding hydrogens is 449 g/mol. The predicted molar refractivity (Wildman–Crippen MR) is 129 cm³/mol. The lowest BCUT2D eigenvalue weighted by Gasteiger charge is -2.31. The lowest BCUT2D eigenvalue weighted by Crippen LogP contribution is -2.40. The number of likely N-dealkylation sites (tertiary alicyclic amines) is 1. The highest BCUT2D eigenvalue weighted by Crippen LogP contribution is 2.25. The Hall–Kier alpha value is -3.78. The first-order valence-corrected chi connectivity index (χ1v) is 11.6. The molecule has 5 rings (SSSR count). The number of imide groups is 1. The zero-order chi connectivity index (χ0) is 24.5. The van der Waals surface area contributed by atoms with Crippen molar-refractivity contribution in [3.63, 3.8) is 0 Å². The van der Waals surface area contributed by atoms with E-state index in [0.717, 1.165) is 28.6 Å². The fourth-order valence-corrected chi connectivity index (χ4v) is 4.87. The number of nitrogens with zero attached hydrogens (tertiary/aromatic N) is 3. The van der Waals surface area contributed by atoms with E-state index in [2.05, 4.69) is 0 Å². The number of methoxy groups -OCH3 is 1. The summed E-state index contributed by atoms with van der Waals surface area (Å²) < 4.78 is 21.1. The SMILES string of the molecule is COC1CCN(C(=O)c2ccc3c(ccn3C/C(=C/F)CN3C(=O)c4ccccc4C3=O)c2)CC1. The van der Waals surface area contributed by atoms with Gasteiger partial charge in [-0.1, -0.05) is 12.1 Å². The molecule has 0 unspecified atom stereocenters. The molecule has 0 radical (unpaired) electrons. The minimum atomic E-state index is -0.417. The van der Waals surface area contributed by atoms with Gasteiger partial charge in [0.1, 0.15) is 0 Å². The van der Waals surface area contributed by atoms with Crippen LogP contribution in [-0.2, 0) is 11.3 Å². The molecule has 3 aromatic rings. The van der Waals surface area contributed by atoms with Gasteiger partial charge in [-0.05, 0) is 54.8 Å². The number of fused-ring (bicyclic) bond motifs is 2. The molecule has 35 heavy (non-hydrogen) atoms.